The highest BCUT2D eigenvalue weighted by molar-refractivity contribution is 6.05. The van der Waals surface area contributed by atoms with Gasteiger partial charge in [0.05, 0.1) is 5.56 Å². The number of amides is 1. The Kier molecular flexibility index (Phi) is 4.15. The summed E-state index contributed by atoms with van der Waals surface area (Å²) in [5, 5.41) is 2.73. The minimum Gasteiger partial charge on any atom is -0.326 e. The van der Waals surface area contributed by atoms with Gasteiger partial charge in [0.2, 0.25) is 0 Å². The highest BCUT2D eigenvalue weighted by Crippen LogP contribution is 2.19. The molecule has 0 aliphatic carbocycles. The molecule has 0 aromatic heterocycles. The fourth-order valence-electron chi connectivity index (χ4n) is 1.94. The van der Waals surface area contributed by atoms with Crippen LogP contribution in [0.15, 0.2) is 36.4 Å². The molecule has 3 nitrogen and oxygen atoms in total. The summed E-state index contributed by atoms with van der Waals surface area (Å²) in [5.41, 5.74) is 8.55. The molecule has 20 heavy (non-hydrogen) atoms. The van der Waals surface area contributed by atoms with Crippen molar-refractivity contribution in [1.29, 1.82) is 0 Å². The van der Waals surface area contributed by atoms with Crippen molar-refractivity contribution >= 4 is 11.6 Å². The molecule has 0 spiro atoms. The zero-order chi connectivity index (χ0) is 14.7. The molecule has 3 N–H and O–H groups in total. The number of carbonyl (C=O) groups excluding carboxylic acids is 1. The van der Waals surface area contributed by atoms with E-state index in [0.717, 1.165) is 11.1 Å². The van der Waals surface area contributed by atoms with Crippen LogP contribution in [0, 0.1) is 19.7 Å². The van der Waals surface area contributed by atoms with Crippen LogP contribution in [0.3, 0.4) is 0 Å². The molecule has 0 fully saturated rings. The van der Waals surface area contributed by atoms with Crippen molar-refractivity contribution < 1.29 is 9.18 Å². The fourth-order valence-corrected chi connectivity index (χ4v) is 1.94. The van der Waals surface area contributed by atoms with Crippen LogP contribution >= 0.6 is 0 Å². The molecule has 0 radical (unpaired) electrons. The molecule has 2 rings (SSSR count). The second-order valence-electron chi connectivity index (χ2n) is 4.74. The van der Waals surface area contributed by atoms with Gasteiger partial charge in [0, 0.05) is 12.2 Å². The van der Waals surface area contributed by atoms with E-state index < -0.39 is 11.7 Å². The lowest BCUT2D eigenvalue weighted by atomic mass is 10.1. The number of hydrogen-bond acceptors (Lipinski definition) is 2. The van der Waals surface area contributed by atoms with E-state index in [9.17, 15) is 9.18 Å². The Morgan fingerprint density at radius 2 is 1.95 bits per heavy atom. The molecule has 0 aliphatic heterocycles. The van der Waals surface area contributed by atoms with Crippen LogP contribution in [0.1, 0.15) is 27.0 Å². The van der Waals surface area contributed by atoms with Gasteiger partial charge in [-0.15, -0.1) is 0 Å². The summed E-state index contributed by atoms with van der Waals surface area (Å²) >= 11 is 0. The van der Waals surface area contributed by atoms with Gasteiger partial charge in [0.1, 0.15) is 5.82 Å². The number of halogens is 1. The summed E-state index contributed by atoms with van der Waals surface area (Å²) in [6, 6.07) is 10.4. The van der Waals surface area contributed by atoms with E-state index in [1.54, 1.807) is 25.1 Å². The lowest BCUT2D eigenvalue weighted by Crippen LogP contribution is -2.15. The topological polar surface area (TPSA) is 55.1 Å². The predicted molar refractivity (Wildman–Crippen MR) is 78.2 cm³/mol. The standard InChI is InChI=1S/C16H17FN2O/c1-10-6-7-12(9-18)8-14(10)19-16(20)13-5-3-4-11(2)15(13)17/h3-8H,9,18H2,1-2H3,(H,19,20). The molecule has 2 aromatic rings. The van der Waals surface area contributed by atoms with Gasteiger partial charge in [-0.2, -0.15) is 0 Å². The third kappa shape index (κ3) is 2.86. The minimum absolute atomic E-state index is 0.0440. The molecule has 1 amide bonds. The quantitative estimate of drug-likeness (QED) is 0.901. The average molecular weight is 272 g/mol. The normalized spacial score (nSPS) is 10.4. The first-order valence-electron chi connectivity index (χ1n) is 6.39. The summed E-state index contributed by atoms with van der Waals surface area (Å²) in [6.07, 6.45) is 0. The van der Waals surface area contributed by atoms with Crippen LogP contribution in [0.5, 0.6) is 0 Å². The smallest absolute Gasteiger partial charge is 0.258 e. The maximum atomic E-state index is 13.9. The molecule has 0 saturated heterocycles. The lowest BCUT2D eigenvalue weighted by Gasteiger charge is -2.11. The number of rotatable bonds is 3. The summed E-state index contributed by atoms with van der Waals surface area (Å²) in [7, 11) is 0. The lowest BCUT2D eigenvalue weighted by molar-refractivity contribution is 0.102. The van der Waals surface area contributed by atoms with Crippen molar-refractivity contribution in [2.45, 2.75) is 20.4 Å². The highest BCUT2D eigenvalue weighted by atomic mass is 19.1. The molecular formula is C16H17FN2O. The van der Waals surface area contributed by atoms with E-state index in [1.165, 1.54) is 6.07 Å². The Morgan fingerprint density at radius 1 is 1.20 bits per heavy atom. The average Bonchev–Trinajstić information content (AvgIpc) is 2.44. The number of benzene rings is 2. The van der Waals surface area contributed by atoms with Crippen molar-refractivity contribution in [1.82, 2.24) is 0 Å². The van der Waals surface area contributed by atoms with Gasteiger partial charge in [0.25, 0.3) is 5.91 Å². The monoisotopic (exact) mass is 272 g/mol. The SMILES string of the molecule is Cc1ccc(CN)cc1NC(=O)c1cccc(C)c1F. The van der Waals surface area contributed by atoms with Crippen LogP contribution in [0.4, 0.5) is 10.1 Å². The first kappa shape index (κ1) is 14.2. The summed E-state index contributed by atoms with van der Waals surface area (Å²) in [6.45, 7) is 3.90. The van der Waals surface area contributed by atoms with Crippen molar-refractivity contribution in [2.75, 3.05) is 5.32 Å². The van der Waals surface area contributed by atoms with Crippen molar-refractivity contribution in [3.63, 3.8) is 0 Å². The largest absolute Gasteiger partial charge is 0.326 e. The van der Waals surface area contributed by atoms with Gasteiger partial charge in [-0.1, -0.05) is 24.3 Å². The summed E-state index contributed by atoms with van der Waals surface area (Å²) in [4.78, 5) is 12.2. The molecule has 4 heteroatoms. The van der Waals surface area contributed by atoms with Gasteiger partial charge < -0.3 is 11.1 Å². The van der Waals surface area contributed by atoms with Crippen molar-refractivity contribution in [2.24, 2.45) is 5.73 Å². The van der Waals surface area contributed by atoms with Crippen LogP contribution in [-0.2, 0) is 6.54 Å². The number of aryl methyl sites for hydroxylation is 2. The molecule has 104 valence electrons. The Bertz CT molecular complexity index is 653. The number of anilines is 1. The molecule has 0 heterocycles. The maximum absolute atomic E-state index is 13.9. The van der Waals surface area contributed by atoms with Gasteiger partial charge >= 0.3 is 0 Å². The number of nitrogens with one attached hydrogen (secondary N) is 1. The van der Waals surface area contributed by atoms with Gasteiger partial charge in [-0.3, -0.25) is 4.79 Å². The Hall–Kier alpha value is -2.20. The summed E-state index contributed by atoms with van der Waals surface area (Å²) < 4.78 is 13.9. The van der Waals surface area contributed by atoms with E-state index in [0.29, 0.717) is 17.8 Å². The Balaban J connectivity index is 2.30. The third-order valence-electron chi connectivity index (χ3n) is 3.22. The maximum Gasteiger partial charge on any atom is 0.258 e. The fraction of sp³-hybridized carbons (Fsp3) is 0.188. The van der Waals surface area contributed by atoms with Gasteiger partial charge in [-0.05, 0) is 42.7 Å². The second-order valence-corrected chi connectivity index (χ2v) is 4.74. The summed E-state index contributed by atoms with van der Waals surface area (Å²) in [5.74, 6) is -0.943. The zero-order valence-electron chi connectivity index (χ0n) is 11.5. The highest BCUT2D eigenvalue weighted by Gasteiger charge is 2.14. The molecule has 0 saturated carbocycles. The van der Waals surface area contributed by atoms with E-state index in [1.807, 2.05) is 19.1 Å². The van der Waals surface area contributed by atoms with E-state index in [2.05, 4.69) is 5.32 Å². The molecular weight excluding hydrogens is 255 g/mol. The van der Waals surface area contributed by atoms with Crippen LogP contribution in [-0.4, -0.2) is 5.91 Å². The van der Waals surface area contributed by atoms with Crippen LogP contribution in [0.25, 0.3) is 0 Å². The predicted octanol–water partition coefficient (Wildman–Crippen LogP) is 3.15. The molecule has 2 aromatic carbocycles. The molecule has 0 unspecified atom stereocenters. The van der Waals surface area contributed by atoms with Crippen LogP contribution < -0.4 is 11.1 Å². The number of hydrogen-bond donors (Lipinski definition) is 2. The van der Waals surface area contributed by atoms with E-state index >= 15 is 0 Å². The first-order valence-corrected chi connectivity index (χ1v) is 6.39. The molecule has 0 bridgehead atoms. The van der Waals surface area contributed by atoms with E-state index in [-0.39, 0.29) is 5.56 Å². The zero-order valence-corrected chi connectivity index (χ0v) is 11.5. The second kappa shape index (κ2) is 5.84. The molecule has 0 atom stereocenters. The van der Waals surface area contributed by atoms with Crippen LogP contribution in [0.2, 0.25) is 0 Å². The molecule has 0 aliphatic rings. The van der Waals surface area contributed by atoms with Crippen molar-refractivity contribution in [3.05, 3.63) is 64.5 Å². The first-order chi connectivity index (χ1) is 9.52. The van der Waals surface area contributed by atoms with Gasteiger partial charge in [-0.25, -0.2) is 4.39 Å². The third-order valence-corrected chi connectivity index (χ3v) is 3.22. The Labute approximate surface area is 117 Å². The number of nitrogens with two attached hydrogens (primary N) is 1. The van der Waals surface area contributed by atoms with Crippen molar-refractivity contribution in [3.8, 4) is 0 Å². The minimum atomic E-state index is -0.488. The van der Waals surface area contributed by atoms with E-state index in [4.69, 9.17) is 5.73 Å². The Morgan fingerprint density at radius 3 is 2.65 bits per heavy atom. The number of carbonyl (C=O) groups is 1. The van der Waals surface area contributed by atoms with Gasteiger partial charge in [0.15, 0.2) is 0 Å².